The molecule has 1 heterocycles. The van der Waals surface area contributed by atoms with Gasteiger partial charge in [0.05, 0.1) is 0 Å². The van der Waals surface area contributed by atoms with Crippen molar-refractivity contribution in [1.29, 1.82) is 0 Å². The molecule has 11 nitrogen and oxygen atoms in total. The van der Waals surface area contributed by atoms with Crippen molar-refractivity contribution in [1.82, 2.24) is 45.5 Å². The van der Waals surface area contributed by atoms with E-state index in [-0.39, 0.29) is 0 Å². The first-order chi connectivity index (χ1) is 11.2. The molecule has 0 spiro atoms. The zero-order valence-corrected chi connectivity index (χ0v) is 15.6. The van der Waals surface area contributed by atoms with Crippen molar-refractivity contribution in [2.24, 2.45) is 0 Å². The van der Waals surface area contributed by atoms with Gasteiger partial charge in [-0.1, -0.05) is 17.0 Å². The summed E-state index contributed by atoms with van der Waals surface area (Å²) in [5.41, 5.74) is 1.33. The fourth-order valence-electron chi connectivity index (χ4n) is 1.99. The van der Waals surface area contributed by atoms with E-state index in [1.54, 1.807) is 57.3 Å². The highest BCUT2D eigenvalue weighted by atomic mass is 31.2. The highest BCUT2D eigenvalue weighted by Crippen LogP contribution is 2.41. The maximum absolute atomic E-state index is 13.4. The topological polar surface area (TPSA) is 94.0 Å². The smallest absolute Gasteiger partial charge is 0.271 e. The van der Waals surface area contributed by atoms with Gasteiger partial charge in [-0.3, -0.25) is 9.50 Å². The molecule has 0 saturated carbocycles. The summed E-state index contributed by atoms with van der Waals surface area (Å²) in [5, 5.41) is 18.4. The van der Waals surface area contributed by atoms with Crippen molar-refractivity contribution in [3.05, 3.63) is 24.3 Å². The van der Waals surface area contributed by atoms with Gasteiger partial charge in [0.2, 0.25) is 0 Å². The maximum Gasteiger partial charge on any atom is 0.357 e. The molecule has 0 radical (unpaired) electrons. The van der Waals surface area contributed by atoms with Crippen LogP contribution in [0.2, 0.25) is 0 Å². The Bertz CT molecular complexity index is 703. The molecule has 0 unspecified atom stereocenters. The second-order valence-electron chi connectivity index (χ2n) is 5.70. The summed E-state index contributed by atoms with van der Waals surface area (Å²) in [6, 6.07) is 7.34. The van der Waals surface area contributed by atoms with Gasteiger partial charge >= 0.3 is 7.59 Å². The number of rotatable bonds is 8. The van der Waals surface area contributed by atoms with Crippen molar-refractivity contribution in [2.45, 2.75) is 0 Å². The van der Waals surface area contributed by atoms with Crippen molar-refractivity contribution in [2.75, 3.05) is 42.3 Å². The summed E-state index contributed by atoms with van der Waals surface area (Å²) in [4.78, 5) is 8.16. The van der Waals surface area contributed by atoms with Crippen molar-refractivity contribution in [3.8, 4) is 0 Å². The van der Waals surface area contributed by atoms with E-state index in [9.17, 15) is 4.57 Å². The minimum absolute atomic E-state index is 0.658. The van der Waals surface area contributed by atoms with Gasteiger partial charge < -0.3 is 0 Å². The number of nitrogens with zero attached hydrogens (tertiary/aromatic N) is 7. The Hall–Kier alpha value is -1.59. The molecule has 1 aromatic carbocycles. The number of para-hydroxylation sites is 1. The first-order valence-electron chi connectivity index (χ1n) is 7.20. The summed E-state index contributed by atoms with van der Waals surface area (Å²) in [7, 11) is 6.96. The third-order valence-electron chi connectivity index (χ3n) is 2.73. The monoisotopic (exact) mass is 357 g/mol. The summed E-state index contributed by atoms with van der Waals surface area (Å²) in [6.45, 7) is 0. The summed E-state index contributed by atoms with van der Waals surface area (Å²) in [6.07, 6.45) is 0. The first-order valence-corrected chi connectivity index (χ1v) is 8.86. The largest absolute Gasteiger partial charge is 0.357 e. The average Bonchev–Trinajstić information content (AvgIpc) is 2.85. The molecule has 0 aliphatic heterocycles. The van der Waals surface area contributed by atoms with Crippen LogP contribution >= 0.6 is 7.59 Å². The van der Waals surface area contributed by atoms with E-state index >= 15 is 0 Å². The first kappa shape index (κ1) is 18.7. The molecule has 134 valence electrons. The minimum Gasteiger partial charge on any atom is -0.271 e. The lowest BCUT2D eigenvalue weighted by molar-refractivity contribution is -0.210. The van der Waals surface area contributed by atoms with E-state index in [0.717, 1.165) is 0 Å². The molecule has 0 saturated heterocycles. The second-order valence-corrected chi connectivity index (χ2v) is 7.59. The van der Waals surface area contributed by atoms with Crippen LogP contribution in [0.1, 0.15) is 0 Å². The van der Waals surface area contributed by atoms with Crippen LogP contribution in [-0.4, -0.2) is 77.4 Å². The minimum atomic E-state index is -3.42. The van der Waals surface area contributed by atoms with Gasteiger partial charge in [0.25, 0.3) is 0 Å². The van der Waals surface area contributed by atoms with Crippen molar-refractivity contribution in [3.63, 3.8) is 0 Å². The molecule has 0 aliphatic rings. The van der Waals surface area contributed by atoms with Gasteiger partial charge in [-0.25, -0.2) is 15.0 Å². The third kappa shape index (κ3) is 4.28. The fourth-order valence-corrected chi connectivity index (χ4v) is 3.95. The number of nitrogens with one attached hydrogen (secondary N) is 2. The number of hydrogen-bond donors (Lipinski definition) is 2. The summed E-state index contributed by atoms with van der Waals surface area (Å²) in [5.74, 6) is 0. The molecule has 2 N–H and O–H groups in total. The Morgan fingerprint density at radius 2 is 1.62 bits per heavy atom. The van der Waals surface area contributed by atoms with E-state index < -0.39 is 7.59 Å². The van der Waals surface area contributed by atoms with Crippen LogP contribution in [0.5, 0.6) is 0 Å². The lowest BCUT2D eigenvalue weighted by Crippen LogP contribution is -2.52. The van der Waals surface area contributed by atoms with E-state index in [1.807, 2.05) is 24.3 Å². The average molecular weight is 357 g/mol. The number of hydrogen-bond acceptors (Lipinski definition) is 7. The lowest BCUT2D eigenvalue weighted by atomic mass is 10.3. The Morgan fingerprint density at radius 3 is 2.17 bits per heavy atom. The normalized spacial score (nSPS) is 12.9. The molecule has 0 atom stereocenters. The molecule has 2 rings (SSSR count). The molecule has 1 aromatic heterocycles. The Morgan fingerprint density at radius 1 is 1.04 bits per heavy atom. The summed E-state index contributed by atoms with van der Waals surface area (Å²) < 4.78 is 13.4. The van der Waals surface area contributed by atoms with E-state index in [0.29, 0.717) is 11.0 Å². The number of benzene rings is 1. The van der Waals surface area contributed by atoms with Gasteiger partial charge in [-0.15, -0.1) is 5.10 Å². The van der Waals surface area contributed by atoms with E-state index in [4.69, 9.17) is 4.94 Å². The van der Waals surface area contributed by atoms with Gasteiger partial charge in [0, 0.05) is 47.2 Å². The van der Waals surface area contributed by atoms with E-state index in [2.05, 4.69) is 20.7 Å². The van der Waals surface area contributed by atoms with Crippen LogP contribution in [0, 0.1) is 0 Å². The molecular weight excluding hydrogens is 333 g/mol. The molecule has 0 aliphatic carbocycles. The van der Waals surface area contributed by atoms with Crippen LogP contribution in [0.25, 0.3) is 11.0 Å². The lowest BCUT2D eigenvalue weighted by Gasteiger charge is -2.36. The Kier molecular flexibility index (Phi) is 5.88. The predicted octanol–water partition coefficient (Wildman–Crippen LogP) is -0.206. The molecule has 0 bridgehead atoms. The quantitative estimate of drug-likeness (QED) is 0.488. The molecule has 0 fully saturated rings. The number of fused-ring (bicyclic) bond motifs is 1. The third-order valence-corrected chi connectivity index (χ3v) is 4.98. The fraction of sp³-hybridized carbons (Fsp3) is 0.500. The maximum atomic E-state index is 13.4. The van der Waals surface area contributed by atoms with Crippen LogP contribution in [0.4, 0.5) is 0 Å². The zero-order chi connectivity index (χ0) is 17.9. The van der Waals surface area contributed by atoms with Gasteiger partial charge in [0.15, 0.2) is 0 Å². The molecule has 0 amide bonds. The van der Waals surface area contributed by atoms with Crippen LogP contribution in [0.15, 0.2) is 24.3 Å². The zero-order valence-electron chi connectivity index (χ0n) is 14.7. The molecular formula is C12H24N9O2P. The second kappa shape index (κ2) is 7.53. The van der Waals surface area contributed by atoms with E-state index in [1.165, 1.54) is 9.79 Å². The summed E-state index contributed by atoms with van der Waals surface area (Å²) >= 11 is 0. The highest BCUT2D eigenvalue weighted by Gasteiger charge is 2.37. The van der Waals surface area contributed by atoms with Crippen LogP contribution in [-0.2, 0) is 4.57 Å². The molecule has 12 heteroatoms. The Labute approximate surface area is 141 Å². The van der Waals surface area contributed by atoms with Gasteiger partial charge in [0.1, 0.15) is 11.0 Å². The number of hydrazine groups is 3. The molecule has 24 heavy (non-hydrogen) atoms. The predicted molar refractivity (Wildman–Crippen MR) is 90.9 cm³/mol. The van der Waals surface area contributed by atoms with Crippen LogP contribution in [0.3, 0.4) is 0 Å². The van der Waals surface area contributed by atoms with Crippen LogP contribution < -0.4 is 15.3 Å². The standard InChI is InChI=1S/C12H24N9O2P/c1-17(2)15-24(22,16-18(3)4)21(19(5)6)23-20-12-10-8-7-9-11(12)13-14-20/h7-10H,1-6H3,(H2,15,16,22). The van der Waals surface area contributed by atoms with Crippen molar-refractivity contribution < 1.29 is 9.50 Å². The number of aromatic nitrogens is 3. The van der Waals surface area contributed by atoms with Gasteiger partial charge in [-0.2, -0.15) is 10.4 Å². The molecule has 2 aromatic rings. The highest BCUT2D eigenvalue weighted by molar-refractivity contribution is 7.56. The van der Waals surface area contributed by atoms with Crippen molar-refractivity contribution >= 4 is 18.6 Å². The Balaban J connectivity index is 2.37. The van der Waals surface area contributed by atoms with Gasteiger partial charge in [-0.05, 0) is 17.3 Å². The SMILES string of the molecule is CN(C)NP(=O)(NN(C)C)N(On1nnc2ccccc21)N(C)C.